The second-order valence-corrected chi connectivity index (χ2v) is 5.37. The molecule has 0 bridgehead atoms. The molecule has 1 aliphatic heterocycles. The highest BCUT2D eigenvalue weighted by molar-refractivity contribution is 6.34. The van der Waals surface area contributed by atoms with Gasteiger partial charge in [-0.25, -0.2) is 9.37 Å². The van der Waals surface area contributed by atoms with Crippen LogP contribution in [-0.2, 0) is 0 Å². The summed E-state index contributed by atoms with van der Waals surface area (Å²) in [4.78, 5) is 16.3. The van der Waals surface area contributed by atoms with Gasteiger partial charge in [0.2, 0.25) is 0 Å². The largest absolute Gasteiger partial charge is 0.408 e. The summed E-state index contributed by atoms with van der Waals surface area (Å²) in [5.41, 5.74) is -0.422. The number of rotatable bonds is 1. The van der Waals surface area contributed by atoms with E-state index in [4.69, 9.17) is 23.2 Å². The first-order chi connectivity index (χ1) is 9.71. The molecule has 1 atom stereocenters. The van der Waals surface area contributed by atoms with Gasteiger partial charge in [-0.15, -0.1) is 0 Å². The highest BCUT2D eigenvalue weighted by atomic mass is 35.5. The van der Waals surface area contributed by atoms with E-state index in [2.05, 4.69) is 4.98 Å². The molecule has 2 heterocycles. The number of alkyl halides is 3. The predicted molar refractivity (Wildman–Crippen MR) is 68.9 cm³/mol. The smallest absolute Gasteiger partial charge is 0.326 e. The van der Waals surface area contributed by atoms with E-state index in [1.165, 1.54) is 0 Å². The molecule has 0 saturated carbocycles. The van der Waals surface area contributed by atoms with Crippen LogP contribution < -0.4 is 0 Å². The summed E-state index contributed by atoms with van der Waals surface area (Å²) < 4.78 is 52.3. The molecule has 116 valence electrons. The number of halogens is 6. The van der Waals surface area contributed by atoms with Crippen molar-refractivity contribution < 1.29 is 22.4 Å². The van der Waals surface area contributed by atoms with E-state index in [1.807, 2.05) is 0 Å². The minimum absolute atomic E-state index is 0.0659. The first-order valence-electron chi connectivity index (χ1n) is 6.11. The Morgan fingerprint density at radius 3 is 2.57 bits per heavy atom. The fourth-order valence-corrected chi connectivity index (χ4v) is 2.67. The Balaban J connectivity index is 2.36. The molecule has 1 fully saturated rings. The van der Waals surface area contributed by atoms with Gasteiger partial charge in [0.15, 0.2) is 11.0 Å². The molecule has 0 aliphatic carbocycles. The average Bonchev–Trinajstić information content (AvgIpc) is 2.41. The van der Waals surface area contributed by atoms with Crippen molar-refractivity contribution in [2.75, 3.05) is 6.54 Å². The fourth-order valence-electron chi connectivity index (χ4n) is 2.27. The summed E-state index contributed by atoms with van der Waals surface area (Å²) in [5, 5.41) is -0.958. The zero-order valence-corrected chi connectivity index (χ0v) is 12.1. The third-order valence-electron chi connectivity index (χ3n) is 3.26. The summed E-state index contributed by atoms with van der Waals surface area (Å²) in [6, 6.07) is -1.18. The van der Waals surface area contributed by atoms with E-state index < -0.39 is 39.8 Å². The molecule has 0 N–H and O–H groups in total. The van der Waals surface area contributed by atoms with Crippen LogP contribution in [0.15, 0.2) is 6.07 Å². The molecule has 9 heteroatoms. The molecule has 3 nitrogen and oxygen atoms in total. The van der Waals surface area contributed by atoms with E-state index in [0.29, 0.717) is 23.8 Å². The van der Waals surface area contributed by atoms with Crippen molar-refractivity contribution in [1.82, 2.24) is 9.88 Å². The maximum Gasteiger partial charge on any atom is 0.408 e. The Morgan fingerprint density at radius 1 is 1.29 bits per heavy atom. The number of amides is 1. The van der Waals surface area contributed by atoms with Crippen molar-refractivity contribution in [3.05, 3.63) is 27.8 Å². The average molecular weight is 345 g/mol. The molecule has 1 amide bonds. The van der Waals surface area contributed by atoms with Crippen LogP contribution in [0, 0.1) is 5.82 Å². The van der Waals surface area contributed by atoms with Crippen molar-refractivity contribution >= 4 is 29.1 Å². The lowest BCUT2D eigenvalue weighted by atomic mass is 10.0. The lowest BCUT2D eigenvalue weighted by molar-refractivity contribution is -0.183. The number of hydrogen-bond acceptors (Lipinski definition) is 2. The Labute approximate surface area is 127 Å². The van der Waals surface area contributed by atoms with E-state index >= 15 is 0 Å². The predicted octanol–water partition coefficient (Wildman–Crippen LogP) is 4.08. The Bertz CT molecular complexity index is 565. The second kappa shape index (κ2) is 5.96. The summed E-state index contributed by atoms with van der Waals surface area (Å²) in [6.07, 6.45) is -3.91. The van der Waals surface area contributed by atoms with Crippen molar-refractivity contribution in [1.29, 1.82) is 0 Å². The van der Waals surface area contributed by atoms with Gasteiger partial charge in [-0.2, -0.15) is 13.2 Å². The number of likely N-dealkylation sites (tertiary alicyclic amines) is 1. The van der Waals surface area contributed by atoms with E-state index in [1.54, 1.807) is 0 Å². The van der Waals surface area contributed by atoms with Crippen molar-refractivity contribution in [3.8, 4) is 0 Å². The zero-order chi connectivity index (χ0) is 15.8. The third kappa shape index (κ3) is 3.40. The highest BCUT2D eigenvalue weighted by Crippen LogP contribution is 2.33. The molecule has 2 rings (SSSR count). The summed E-state index contributed by atoms with van der Waals surface area (Å²) in [5.74, 6) is -2.00. The maximum absolute atomic E-state index is 13.4. The van der Waals surface area contributed by atoms with Gasteiger partial charge >= 0.3 is 6.18 Å². The summed E-state index contributed by atoms with van der Waals surface area (Å²) in [6.45, 7) is -0.0659. The summed E-state index contributed by atoms with van der Waals surface area (Å²) in [7, 11) is 0. The third-order valence-corrected chi connectivity index (χ3v) is 3.81. The monoisotopic (exact) mass is 344 g/mol. The van der Waals surface area contributed by atoms with Crippen molar-refractivity contribution in [2.45, 2.75) is 31.5 Å². The van der Waals surface area contributed by atoms with E-state index in [-0.39, 0.29) is 13.0 Å². The van der Waals surface area contributed by atoms with Crippen LogP contribution in [0.4, 0.5) is 17.6 Å². The van der Waals surface area contributed by atoms with Gasteiger partial charge in [-0.3, -0.25) is 4.79 Å². The first kappa shape index (κ1) is 16.3. The number of pyridine rings is 1. The Hall–Kier alpha value is -1.08. The van der Waals surface area contributed by atoms with Gasteiger partial charge in [0, 0.05) is 6.54 Å². The van der Waals surface area contributed by atoms with Crippen LogP contribution in [0.2, 0.25) is 10.3 Å². The first-order valence-corrected chi connectivity index (χ1v) is 6.86. The quantitative estimate of drug-likeness (QED) is 0.568. The zero-order valence-electron chi connectivity index (χ0n) is 10.6. The molecule has 1 aromatic rings. The molecular formula is C12H10Cl2F4N2O. The van der Waals surface area contributed by atoms with Gasteiger partial charge in [-0.05, 0) is 25.3 Å². The number of carbonyl (C=O) groups is 1. The van der Waals surface area contributed by atoms with E-state index in [9.17, 15) is 22.4 Å². The van der Waals surface area contributed by atoms with Crippen LogP contribution in [0.1, 0.15) is 29.6 Å². The summed E-state index contributed by atoms with van der Waals surface area (Å²) >= 11 is 11.1. The number of hydrogen-bond donors (Lipinski definition) is 0. The standard InChI is InChI=1S/C12H10Cl2F4N2O/c13-9-6(5-7(15)10(14)19-9)11(21)20-4-2-1-3-8(20)12(16,17)18/h5,8H,1-4H2. The highest BCUT2D eigenvalue weighted by Gasteiger charge is 2.46. The topological polar surface area (TPSA) is 33.2 Å². The van der Waals surface area contributed by atoms with Crippen molar-refractivity contribution in [2.24, 2.45) is 0 Å². The number of carbonyl (C=O) groups excluding carboxylic acids is 1. The molecule has 0 spiro atoms. The van der Waals surface area contributed by atoms with E-state index in [0.717, 1.165) is 0 Å². The second-order valence-electron chi connectivity index (χ2n) is 4.65. The van der Waals surface area contributed by atoms with Gasteiger partial charge in [0.25, 0.3) is 5.91 Å². The van der Waals surface area contributed by atoms with Crippen molar-refractivity contribution in [3.63, 3.8) is 0 Å². The number of nitrogens with zero attached hydrogens (tertiary/aromatic N) is 2. The number of piperidine rings is 1. The minimum Gasteiger partial charge on any atom is -0.326 e. The van der Waals surface area contributed by atoms with Gasteiger partial charge in [0.1, 0.15) is 11.2 Å². The van der Waals surface area contributed by atoms with Gasteiger partial charge in [-0.1, -0.05) is 23.2 Å². The SMILES string of the molecule is O=C(c1cc(F)c(Cl)nc1Cl)N1CCCCC1C(F)(F)F. The Kier molecular flexibility index (Phi) is 4.63. The minimum atomic E-state index is -4.54. The van der Waals surface area contributed by atoms with Crippen LogP contribution in [-0.4, -0.2) is 34.6 Å². The van der Waals surface area contributed by atoms with Gasteiger partial charge in [0.05, 0.1) is 5.56 Å². The molecule has 0 radical (unpaired) electrons. The fraction of sp³-hybridized carbons (Fsp3) is 0.500. The molecule has 1 unspecified atom stereocenters. The van der Waals surface area contributed by atoms with Crippen LogP contribution in [0.25, 0.3) is 0 Å². The maximum atomic E-state index is 13.4. The molecule has 1 aromatic heterocycles. The normalized spacial score (nSPS) is 19.7. The van der Waals surface area contributed by atoms with Crippen LogP contribution in [0.5, 0.6) is 0 Å². The lowest BCUT2D eigenvalue weighted by Gasteiger charge is -2.36. The molecule has 1 saturated heterocycles. The Morgan fingerprint density at radius 2 is 1.95 bits per heavy atom. The van der Waals surface area contributed by atoms with Gasteiger partial charge < -0.3 is 4.90 Å². The molecular weight excluding hydrogens is 335 g/mol. The van der Waals surface area contributed by atoms with Crippen LogP contribution >= 0.6 is 23.2 Å². The van der Waals surface area contributed by atoms with Crippen LogP contribution in [0.3, 0.4) is 0 Å². The molecule has 1 aliphatic rings. The molecule has 0 aromatic carbocycles. The number of aromatic nitrogens is 1. The lowest BCUT2D eigenvalue weighted by Crippen LogP contribution is -2.51. The molecule has 21 heavy (non-hydrogen) atoms.